The molecule has 1 atom stereocenters. The molecule has 0 saturated heterocycles. The summed E-state index contributed by atoms with van der Waals surface area (Å²) in [6, 6.07) is 8.13. The molecule has 104 valence electrons. The Balaban J connectivity index is 1.82. The number of benzene rings is 1. The van der Waals surface area contributed by atoms with Crippen molar-refractivity contribution in [3.63, 3.8) is 0 Å². The Morgan fingerprint density at radius 2 is 2.26 bits per heavy atom. The van der Waals surface area contributed by atoms with Crippen molar-refractivity contribution < 1.29 is 4.74 Å². The molecule has 1 heterocycles. The monoisotopic (exact) mass is 262 g/mol. The van der Waals surface area contributed by atoms with Crippen molar-refractivity contribution in [2.45, 2.75) is 26.4 Å². The van der Waals surface area contributed by atoms with Crippen LogP contribution in [0.1, 0.15) is 19.4 Å². The molecule has 1 aromatic carbocycles. The van der Waals surface area contributed by atoms with E-state index in [1.54, 1.807) is 0 Å². The van der Waals surface area contributed by atoms with Gasteiger partial charge in [0, 0.05) is 13.0 Å². The van der Waals surface area contributed by atoms with Crippen LogP contribution in [0.5, 0.6) is 5.75 Å². The van der Waals surface area contributed by atoms with Gasteiger partial charge in [0.1, 0.15) is 11.9 Å². The first-order valence-corrected chi connectivity index (χ1v) is 6.68. The van der Waals surface area contributed by atoms with Crippen molar-refractivity contribution in [3.05, 3.63) is 29.8 Å². The van der Waals surface area contributed by atoms with Crippen LogP contribution in [0.25, 0.3) is 0 Å². The number of nitrogens with zero attached hydrogens (tertiary/aromatic N) is 1. The standard InChI is InChI=1S/C14H22N4O/c1-10(2)8-16-14(18-15)17-9-12-7-11-5-3-4-6-13(11)19-12/h3-6,10,12H,7-9,15H2,1-2H3,(H2,16,17,18). The molecule has 0 radical (unpaired) electrons. The smallest absolute Gasteiger partial charge is 0.205 e. The van der Waals surface area contributed by atoms with Gasteiger partial charge in [-0.05, 0) is 17.5 Å². The van der Waals surface area contributed by atoms with E-state index >= 15 is 0 Å². The van der Waals surface area contributed by atoms with Crippen molar-refractivity contribution in [2.75, 3.05) is 13.1 Å². The highest BCUT2D eigenvalue weighted by Gasteiger charge is 2.22. The molecular weight excluding hydrogens is 240 g/mol. The lowest BCUT2D eigenvalue weighted by molar-refractivity contribution is 0.235. The molecule has 2 rings (SSSR count). The third-order valence-corrected chi connectivity index (χ3v) is 2.96. The van der Waals surface area contributed by atoms with Gasteiger partial charge in [-0.1, -0.05) is 32.0 Å². The average Bonchev–Trinajstić information content (AvgIpc) is 2.81. The highest BCUT2D eigenvalue weighted by molar-refractivity contribution is 5.79. The van der Waals surface area contributed by atoms with Gasteiger partial charge in [-0.2, -0.15) is 0 Å². The fourth-order valence-corrected chi connectivity index (χ4v) is 2.00. The molecule has 0 fully saturated rings. The van der Waals surface area contributed by atoms with E-state index in [-0.39, 0.29) is 6.10 Å². The maximum Gasteiger partial charge on any atom is 0.205 e. The summed E-state index contributed by atoms with van der Waals surface area (Å²) in [5.74, 6) is 7.56. The van der Waals surface area contributed by atoms with Gasteiger partial charge in [-0.15, -0.1) is 0 Å². The first-order valence-electron chi connectivity index (χ1n) is 6.68. The number of hydrazine groups is 1. The van der Waals surface area contributed by atoms with E-state index in [0.717, 1.165) is 18.7 Å². The average molecular weight is 262 g/mol. The number of nitrogens with two attached hydrogens (primary N) is 1. The number of guanidine groups is 1. The second-order valence-corrected chi connectivity index (χ2v) is 5.16. The molecule has 1 aromatic rings. The highest BCUT2D eigenvalue weighted by atomic mass is 16.5. The van der Waals surface area contributed by atoms with Gasteiger partial charge in [-0.3, -0.25) is 10.4 Å². The van der Waals surface area contributed by atoms with E-state index in [1.165, 1.54) is 5.56 Å². The summed E-state index contributed by atoms with van der Waals surface area (Å²) < 4.78 is 5.84. The third-order valence-electron chi connectivity index (χ3n) is 2.96. The van der Waals surface area contributed by atoms with E-state index in [4.69, 9.17) is 10.6 Å². The van der Waals surface area contributed by atoms with Crippen LogP contribution in [-0.4, -0.2) is 25.2 Å². The topological polar surface area (TPSA) is 71.7 Å². The fourth-order valence-electron chi connectivity index (χ4n) is 2.00. The number of para-hydroxylation sites is 1. The van der Waals surface area contributed by atoms with Gasteiger partial charge in [0.15, 0.2) is 0 Å². The minimum Gasteiger partial charge on any atom is -0.488 e. The molecule has 4 N–H and O–H groups in total. The molecule has 1 aliphatic heterocycles. The zero-order valence-electron chi connectivity index (χ0n) is 11.5. The zero-order chi connectivity index (χ0) is 13.7. The second kappa shape index (κ2) is 6.43. The van der Waals surface area contributed by atoms with Crippen LogP contribution < -0.4 is 21.3 Å². The van der Waals surface area contributed by atoms with Crippen molar-refractivity contribution in [1.29, 1.82) is 0 Å². The van der Waals surface area contributed by atoms with Crippen molar-refractivity contribution in [2.24, 2.45) is 16.8 Å². The molecule has 0 saturated carbocycles. The Bertz CT molecular complexity index is 420. The predicted molar refractivity (Wildman–Crippen MR) is 77.0 cm³/mol. The quantitative estimate of drug-likeness (QED) is 0.328. The second-order valence-electron chi connectivity index (χ2n) is 5.16. The van der Waals surface area contributed by atoms with Crippen LogP contribution in [0.2, 0.25) is 0 Å². The zero-order valence-corrected chi connectivity index (χ0v) is 11.5. The number of aliphatic imine (C=N–C) groups is 1. The van der Waals surface area contributed by atoms with Crippen LogP contribution in [0, 0.1) is 5.92 Å². The number of rotatable bonds is 4. The SMILES string of the molecule is CC(C)CN=C(NN)NCC1Cc2ccccc2O1. The van der Waals surface area contributed by atoms with Gasteiger partial charge in [-0.25, -0.2) is 5.84 Å². The summed E-state index contributed by atoms with van der Waals surface area (Å²) in [6.07, 6.45) is 1.06. The van der Waals surface area contributed by atoms with E-state index in [2.05, 4.69) is 35.6 Å². The van der Waals surface area contributed by atoms with Gasteiger partial charge in [0.25, 0.3) is 0 Å². The first-order chi connectivity index (χ1) is 9.19. The maximum absolute atomic E-state index is 5.84. The molecule has 1 unspecified atom stereocenters. The lowest BCUT2D eigenvalue weighted by atomic mass is 10.1. The Morgan fingerprint density at radius 3 is 2.95 bits per heavy atom. The Hall–Kier alpha value is -1.75. The largest absolute Gasteiger partial charge is 0.488 e. The summed E-state index contributed by atoms with van der Waals surface area (Å²) in [6.45, 7) is 5.68. The molecule has 19 heavy (non-hydrogen) atoms. The number of hydrogen-bond acceptors (Lipinski definition) is 3. The van der Waals surface area contributed by atoms with Crippen LogP contribution in [0.15, 0.2) is 29.3 Å². The number of nitrogens with one attached hydrogen (secondary N) is 2. The lowest BCUT2D eigenvalue weighted by Gasteiger charge is -2.14. The molecule has 0 bridgehead atoms. The molecule has 1 aliphatic rings. The Labute approximate surface area is 114 Å². The summed E-state index contributed by atoms with van der Waals surface area (Å²) in [4.78, 5) is 4.37. The first kappa shape index (κ1) is 13.7. The summed E-state index contributed by atoms with van der Waals surface area (Å²) in [5, 5.41) is 3.19. The molecule has 0 amide bonds. The summed E-state index contributed by atoms with van der Waals surface area (Å²) in [7, 11) is 0. The highest BCUT2D eigenvalue weighted by Crippen LogP contribution is 2.27. The van der Waals surface area contributed by atoms with Crippen molar-refractivity contribution in [3.8, 4) is 5.75 Å². The Morgan fingerprint density at radius 1 is 1.47 bits per heavy atom. The van der Waals surface area contributed by atoms with Crippen LogP contribution in [0.4, 0.5) is 0 Å². The molecule has 0 aromatic heterocycles. The molecule has 0 aliphatic carbocycles. The lowest BCUT2D eigenvalue weighted by Crippen LogP contribution is -2.45. The van der Waals surface area contributed by atoms with Gasteiger partial charge < -0.3 is 10.1 Å². The van der Waals surface area contributed by atoms with E-state index in [0.29, 0.717) is 18.4 Å². The fraction of sp³-hybridized carbons (Fsp3) is 0.500. The van der Waals surface area contributed by atoms with E-state index in [1.807, 2.05) is 18.2 Å². The number of hydrogen-bond donors (Lipinski definition) is 3. The van der Waals surface area contributed by atoms with Gasteiger partial charge in [0.2, 0.25) is 5.96 Å². The van der Waals surface area contributed by atoms with Crippen LogP contribution in [-0.2, 0) is 6.42 Å². The third kappa shape index (κ3) is 3.86. The summed E-state index contributed by atoms with van der Waals surface area (Å²) in [5.41, 5.74) is 3.85. The number of ether oxygens (including phenoxy) is 1. The molecule has 5 heteroatoms. The van der Waals surface area contributed by atoms with Gasteiger partial charge in [0.05, 0.1) is 6.54 Å². The maximum atomic E-state index is 5.84. The minimum absolute atomic E-state index is 0.134. The van der Waals surface area contributed by atoms with Gasteiger partial charge >= 0.3 is 0 Å². The van der Waals surface area contributed by atoms with Crippen LogP contribution in [0.3, 0.4) is 0 Å². The Kier molecular flexibility index (Phi) is 4.63. The van der Waals surface area contributed by atoms with Crippen molar-refractivity contribution >= 4 is 5.96 Å². The minimum atomic E-state index is 0.134. The molecule has 5 nitrogen and oxygen atoms in total. The van der Waals surface area contributed by atoms with Crippen molar-refractivity contribution in [1.82, 2.24) is 10.7 Å². The van der Waals surface area contributed by atoms with E-state index < -0.39 is 0 Å². The molecular formula is C14H22N4O. The summed E-state index contributed by atoms with van der Waals surface area (Å²) >= 11 is 0. The van der Waals surface area contributed by atoms with E-state index in [9.17, 15) is 0 Å². The normalized spacial score (nSPS) is 18.1. The molecule has 0 spiro atoms. The number of fused-ring (bicyclic) bond motifs is 1. The predicted octanol–water partition coefficient (Wildman–Crippen LogP) is 1.06. The van der Waals surface area contributed by atoms with Crippen LogP contribution >= 0.6 is 0 Å².